The second kappa shape index (κ2) is 1.15. The Morgan fingerprint density at radius 1 is 1.62 bits per heavy atom. The molecule has 0 atom stereocenters. The number of ether oxygens (including phenoxy) is 2. The summed E-state index contributed by atoms with van der Waals surface area (Å²) in [5.74, 6) is 1.08. The lowest BCUT2D eigenvalue weighted by Crippen LogP contribution is -1.95. The molecule has 0 unspecified atom stereocenters. The Bertz CT molecular complexity index is 177. The second-order valence-electron chi connectivity index (χ2n) is 1.39. The molecule has 1 aromatic heterocycles. The molecule has 0 saturated carbocycles. The molecule has 0 bridgehead atoms. The zero-order valence-corrected chi connectivity index (χ0v) is 3.97. The van der Waals surface area contributed by atoms with E-state index in [1.165, 1.54) is 0 Å². The van der Waals surface area contributed by atoms with Crippen LogP contribution in [-0.2, 0) is 0 Å². The van der Waals surface area contributed by atoms with E-state index in [0.717, 1.165) is 0 Å². The fourth-order valence-corrected chi connectivity index (χ4v) is 0.574. The summed E-state index contributed by atoms with van der Waals surface area (Å²) < 4.78 is 9.71. The summed E-state index contributed by atoms with van der Waals surface area (Å²) in [6.07, 6.45) is 2.48. The lowest BCUT2D eigenvalue weighted by Gasteiger charge is -1.85. The lowest BCUT2D eigenvalue weighted by molar-refractivity contribution is 0.166. The van der Waals surface area contributed by atoms with Gasteiger partial charge >= 0.3 is 0 Å². The molecule has 1 aliphatic rings. The van der Waals surface area contributed by atoms with E-state index < -0.39 is 0 Å². The van der Waals surface area contributed by atoms with Gasteiger partial charge in [0.2, 0.25) is 6.79 Å². The van der Waals surface area contributed by atoms with Gasteiger partial charge in [-0.25, -0.2) is 0 Å². The molecule has 1 N–H and O–H groups in total. The number of rotatable bonds is 0. The lowest BCUT2D eigenvalue weighted by atomic mass is 10.8. The first-order chi connectivity index (χ1) is 3.97. The molecule has 2 rings (SSSR count). The minimum absolute atomic E-state index is 0.267. The fraction of sp³-hybridized carbons (Fsp3) is 0.250. The van der Waals surface area contributed by atoms with Crippen LogP contribution >= 0.6 is 0 Å². The number of aromatic amines is 1. The number of imidazole rings is 1. The van der Waals surface area contributed by atoms with Crippen molar-refractivity contribution in [3.05, 3.63) is 6.33 Å². The molecule has 0 aliphatic carbocycles. The number of nitrogens with zero attached hydrogens (tertiary/aromatic N) is 1. The minimum atomic E-state index is 0.267. The Balaban J connectivity index is 2.54. The average Bonchev–Trinajstić information content (AvgIpc) is 2.15. The SMILES string of the molecule is [c]1nc2c([nH]1)OCO2. The highest BCUT2D eigenvalue weighted by molar-refractivity contribution is 5.26. The van der Waals surface area contributed by atoms with Gasteiger partial charge in [-0.2, -0.15) is 4.98 Å². The highest BCUT2D eigenvalue weighted by atomic mass is 16.7. The normalized spacial score (nSPS) is 14.5. The van der Waals surface area contributed by atoms with E-state index in [4.69, 9.17) is 9.47 Å². The van der Waals surface area contributed by atoms with E-state index in [9.17, 15) is 0 Å². The summed E-state index contributed by atoms with van der Waals surface area (Å²) in [6.45, 7) is 0.267. The molecule has 1 aromatic rings. The molecule has 0 spiro atoms. The van der Waals surface area contributed by atoms with Gasteiger partial charge in [0.05, 0.1) is 0 Å². The van der Waals surface area contributed by atoms with Gasteiger partial charge in [-0.15, -0.1) is 0 Å². The van der Waals surface area contributed by atoms with Gasteiger partial charge in [0.1, 0.15) is 0 Å². The molecule has 0 fully saturated rings. The number of aromatic nitrogens is 2. The topological polar surface area (TPSA) is 47.1 Å². The highest BCUT2D eigenvalue weighted by Gasteiger charge is 2.14. The molecule has 0 saturated heterocycles. The van der Waals surface area contributed by atoms with Gasteiger partial charge < -0.3 is 14.5 Å². The van der Waals surface area contributed by atoms with Gasteiger partial charge in [0.15, 0.2) is 6.33 Å². The van der Waals surface area contributed by atoms with Gasteiger partial charge in [-0.1, -0.05) is 0 Å². The zero-order chi connectivity index (χ0) is 5.40. The molecule has 0 aromatic carbocycles. The van der Waals surface area contributed by atoms with Crippen LogP contribution in [0.25, 0.3) is 0 Å². The maximum Gasteiger partial charge on any atom is 0.281 e. The summed E-state index contributed by atoms with van der Waals surface area (Å²) in [5, 5.41) is 0. The predicted molar refractivity (Wildman–Crippen MR) is 23.5 cm³/mol. The van der Waals surface area contributed by atoms with E-state index in [1.807, 2.05) is 0 Å². The Morgan fingerprint density at radius 3 is 3.50 bits per heavy atom. The van der Waals surface area contributed by atoms with Crippen LogP contribution in [-0.4, -0.2) is 16.8 Å². The van der Waals surface area contributed by atoms with E-state index in [0.29, 0.717) is 11.8 Å². The summed E-state index contributed by atoms with van der Waals surface area (Å²) in [6, 6.07) is 0. The summed E-state index contributed by atoms with van der Waals surface area (Å²) >= 11 is 0. The van der Waals surface area contributed by atoms with Crippen LogP contribution in [0.2, 0.25) is 0 Å². The average molecular weight is 111 g/mol. The molecule has 2 heterocycles. The number of fused-ring (bicyclic) bond motifs is 1. The van der Waals surface area contributed by atoms with Crippen molar-refractivity contribution in [1.29, 1.82) is 0 Å². The first-order valence-corrected chi connectivity index (χ1v) is 2.18. The van der Waals surface area contributed by atoms with E-state index in [-0.39, 0.29) is 6.79 Å². The Labute approximate surface area is 45.4 Å². The summed E-state index contributed by atoms with van der Waals surface area (Å²) in [5.41, 5.74) is 0. The summed E-state index contributed by atoms with van der Waals surface area (Å²) in [7, 11) is 0. The smallest absolute Gasteiger partial charge is 0.281 e. The molecule has 41 valence electrons. The number of nitrogens with one attached hydrogen (secondary N) is 1. The van der Waals surface area contributed by atoms with Crippen molar-refractivity contribution < 1.29 is 9.47 Å². The third-order valence-corrected chi connectivity index (χ3v) is 0.920. The molecule has 4 heteroatoms. The van der Waals surface area contributed by atoms with Crippen LogP contribution in [0.5, 0.6) is 11.8 Å². The third kappa shape index (κ3) is 0.318. The van der Waals surface area contributed by atoms with Gasteiger partial charge in [-0.3, -0.25) is 0 Å². The highest BCUT2D eigenvalue weighted by Crippen LogP contribution is 2.25. The minimum Gasteiger partial charge on any atom is -0.437 e. The standard InChI is InChI=1S/C4H3N2O2/c1-5-3-4(6-1)8-2-7-3/h2H2,(H,5,6). The number of hydrogen-bond donors (Lipinski definition) is 1. The molecule has 1 aliphatic heterocycles. The molecule has 1 radical (unpaired) electrons. The van der Waals surface area contributed by atoms with Crippen molar-refractivity contribution in [2.45, 2.75) is 0 Å². The zero-order valence-electron chi connectivity index (χ0n) is 3.97. The van der Waals surface area contributed by atoms with Crippen molar-refractivity contribution >= 4 is 0 Å². The predicted octanol–water partition coefficient (Wildman–Crippen LogP) is -0.0614. The van der Waals surface area contributed by atoms with Crippen molar-refractivity contribution in [3.8, 4) is 11.8 Å². The van der Waals surface area contributed by atoms with Crippen LogP contribution in [0.4, 0.5) is 0 Å². The van der Waals surface area contributed by atoms with Crippen LogP contribution in [0, 0.1) is 6.33 Å². The second-order valence-corrected chi connectivity index (χ2v) is 1.39. The fourth-order valence-electron chi connectivity index (χ4n) is 0.574. The quantitative estimate of drug-likeness (QED) is 0.510. The van der Waals surface area contributed by atoms with Crippen molar-refractivity contribution in [1.82, 2.24) is 9.97 Å². The number of H-pyrrole nitrogens is 1. The van der Waals surface area contributed by atoms with E-state index in [1.54, 1.807) is 0 Å². The maximum absolute atomic E-state index is 4.87. The summed E-state index contributed by atoms with van der Waals surface area (Å²) in [4.78, 5) is 6.30. The maximum atomic E-state index is 4.87. The molecular formula is C4H3N2O2. The molecule has 4 nitrogen and oxygen atoms in total. The molecular weight excluding hydrogens is 108 g/mol. The van der Waals surface area contributed by atoms with Gasteiger partial charge in [-0.05, 0) is 0 Å². The first kappa shape index (κ1) is 3.77. The first-order valence-electron chi connectivity index (χ1n) is 2.18. The largest absolute Gasteiger partial charge is 0.437 e. The van der Waals surface area contributed by atoms with Crippen molar-refractivity contribution in [3.63, 3.8) is 0 Å². The number of hydrogen-bond acceptors (Lipinski definition) is 3. The van der Waals surface area contributed by atoms with Crippen molar-refractivity contribution in [2.24, 2.45) is 0 Å². The van der Waals surface area contributed by atoms with Gasteiger partial charge in [0.25, 0.3) is 11.8 Å². The van der Waals surface area contributed by atoms with Crippen LogP contribution in [0.1, 0.15) is 0 Å². The molecule has 8 heavy (non-hydrogen) atoms. The van der Waals surface area contributed by atoms with Crippen LogP contribution in [0.15, 0.2) is 0 Å². The van der Waals surface area contributed by atoms with Crippen molar-refractivity contribution in [2.75, 3.05) is 6.79 Å². The Hall–Kier alpha value is -1.19. The molecule has 0 amide bonds. The van der Waals surface area contributed by atoms with E-state index >= 15 is 0 Å². The Morgan fingerprint density at radius 2 is 2.62 bits per heavy atom. The monoisotopic (exact) mass is 111 g/mol. The van der Waals surface area contributed by atoms with E-state index in [2.05, 4.69) is 16.3 Å². The van der Waals surface area contributed by atoms with Crippen LogP contribution in [0.3, 0.4) is 0 Å². The van der Waals surface area contributed by atoms with Crippen LogP contribution < -0.4 is 9.47 Å². The van der Waals surface area contributed by atoms with Gasteiger partial charge in [0, 0.05) is 0 Å². The Kier molecular flexibility index (Phi) is 0.542. The third-order valence-electron chi connectivity index (χ3n) is 0.920.